The van der Waals surface area contributed by atoms with Crippen molar-refractivity contribution in [2.75, 3.05) is 13.2 Å². The largest absolute Gasteiger partial charge is 0.508 e. The van der Waals surface area contributed by atoms with Gasteiger partial charge in [0.15, 0.2) is 5.82 Å². The topological polar surface area (TPSA) is 68.4 Å². The van der Waals surface area contributed by atoms with E-state index in [9.17, 15) is 5.11 Å². The number of phenols is 1. The second-order valence-corrected chi connectivity index (χ2v) is 4.52. The molecule has 0 bridgehead atoms. The second kappa shape index (κ2) is 4.42. The first-order valence-electron chi connectivity index (χ1n) is 5.95. The Balaban J connectivity index is 1.89. The van der Waals surface area contributed by atoms with E-state index >= 15 is 0 Å². The average Bonchev–Trinajstić information content (AvgIpc) is 3.01. The number of ether oxygens (including phenoxy) is 1. The van der Waals surface area contributed by atoms with Gasteiger partial charge in [-0.05, 0) is 31.0 Å². The highest BCUT2D eigenvalue weighted by Crippen LogP contribution is 2.28. The monoisotopic (exact) mass is 246 g/mol. The molecule has 0 unspecified atom stereocenters. The molecular formula is C13H14N2O3. The Morgan fingerprint density at radius 1 is 1.39 bits per heavy atom. The van der Waals surface area contributed by atoms with E-state index in [-0.39, 0.29) is 11.7 Å². The summed E-state index contributed by atoms with van der Waals surface area (Å²) in [6, 6.07) is 5.32. The minimum absolute atomic E-state index is 0.224. The molecule has 1 aliphatic heterocycles. The number of nitrogens with zero attached hydrogens (tertiary/aromatic N) is 2. The summed E-state index contributed by atoms with van der Waals surface area (Å²) in [5, 5.41) is 13.6. The maximum atomic E-state index is 9.67. The van der Waals surface area contributed by atoms with Gasteiger partial charge in [-0.1, -0.05) is 11.2 Å². The highest BCUT2D eigenvalue weighted by Gasteiger charge is 2.23. The number of hydrogen-bond acceptors (Lipinski definition) is 5. The Bertz CT molecular complexity index is 559. The van der Waals surface area contributed by atoms with Crippen molar-refractivity contribution in [1.29, 1.82) is 0 Å². The summed E-state index contributed by atoms with van der Waals surface area (Å²) in [4.78, 5) is 4.36. The zero-order valence-corrected chi connectivity index (χ0v) is 10.1. The zero-order chi connectivity index (χ0) is 12.5. The number of rotatable bonds is 2. The number of aromatic hydroxyl groups is 1. The Kier molecular flexibility index (Phi) is 2.76. The smallest absolute Gasteiger partial charge is 0.258 e. The van der Waals surface area contributed by atoms with Crippen molar-refractivity contribution < 1.29 is 14.4 Å². The van der Waals surface area contributed by atoms with Crippen LogP contribution >= 0.6 is 0 Å². The molecule has 1 saturated heterocycles. The highest BCUT2D eigenvalue weighted by molar-refractivity contribution is 5.57. The van der Waals surface area contributed by atoms with Crippen molar-refractivity contribution in [2.24, 2.45) is 0 Å². The molecule has 0 spiro atoms. The van der Waals surface area contributed by atoms with E-state index in [1.54, 1.807) is 6.07 Å². The molecule has 94 valence electrons. The van der Waals surface area contributed by atoms with Gasteiger partial charge in [-0.15, -0.1) is 0 Å². The first-order valence-corrected chi connectivity index (χ1v) is 5.95. The van der Waals surface area contributed by atoms with E-state index in [1.807, 2.05) is 19.1 Å². The summed E-state index contributed by atoms with van der Waals surface area (Å²) in [6.07, 6.45) is 0.929. The number of aromatic nitrogens is 2. The van der Waals surface area contributed by atoms with E-state index in [0.29, 0.717) is 18.3 Å². The van der Waals surface area contributed by atoms with Gasteiger partial charge in [0.1, 0.15) is 5.75 Å². The molecule has 0 amide bonds. The van der Waals surface area contributed by atoms with Crippen LogP contribution in [0, 0.1) is 6.92 Å². The van der Waals surface area contributed by atoms with Gasteiger partial charge in [-0.2, -0.15) is 4.98 Å². The van der Waals surface area contributed by atoms with Gasteiger partial charge in [-0.3, -0.25) is 0 Å². The summed E-state index contributed by atoms with van der Waals surface area (Å²) in [5.74, 6) is 1.58. The van der Waals surface area contributed by atoms with Crippen LogP contribution in [-0.2, 0) is 4.74 Å². The normalized spacial score (nSPS) is 19.3. The number of hydrogen-bond donors (Lipinski definition) is 1. The maximum absolute atomic E-state index is 9.67. The highest BCUT2D eigenvalue weighted by atomic mass is 16.5. The summed E-state index contributed by atoms with van der Waals surface area (Å²) < 4.78 is 10.5. The molecule has 0 aliphatic carbocycles. The van der Waals surface area contributed by atoms with Crippen LogP contribution in [0.3, 0.4) is 0 Å². The van der Waals surface area contributed by atoms with Crippen LogP contribution in [0.2, 0.25) is 0 Å². The third-order valence-electron chi connectivity index (χ3n) is 3.19. The Morgan fingerprint density at radius 3 is 3.00 bits per heavy atom. The average molecular weight is 246 g/mol. The molecular weight excluding hydrogens is 232 g/mol. The molecule has 0 saturated carbocycles. The van der Waals surface area contributed by atoms with Crippen LogP contribution in [0.5, 0.6) is 5.75 Å². The summed E-state index contributed by atoms with van der Waals surface area (Å²) >= 11 is 0. The van der Waals surface area contributed by atoms with Gasteiger partial charge in [0, 0.05) is 18.1 Å². The lowest BCUT2D eigenvalue weighted by atomic mass is 10.1. The summed E-state index contributed by atoms with van der Waals surface area (Å²) in [6.45, 7) is 3.24. The standard InChI is InChI=1S/C13H14N2O3/c1-8-2-3-9(6-11(8)16)13-14-12(15-18-13)10-4-5-17-7-10/h2-3,6,10,16H,4-5,7H2,1H3/t10-/m1/s1. The van der Waals surface area contributed by atoms with Crippen molar-refractivity contribution in [3.63, 3.8) is 0 Å². The SMILES string of the molecule is Cc1ccc(-c2nc([C@@H]3CCOC3)no2)cc1O. The lowest BCUT2D eigenvalue weighted by Gasteiger charge is -2.00. The van der Waals surface area contributed by atoms with Crippen molar-refractivity contribution in [1.82, 2.24) is 10.1 Å². The fraction of sp³-hybridized carbons (Fsp3) is 0.385. The minimum Gasteiger partial charge on any atom is -0.508 e. The van der Waals surface area contributed by atoms with Crippen molar-refractivity contribution >= 4 is 0 Å². The van der Waals surface area contributed by atoms with Crippen molar-refractivity contribution in [3.8, 4) is 17.2 Å². The van der Waals surface area contributed by atoms with Crippen molar-refractivity contribution in [2.45, 2.75) is 19.3 Å². The molecule has 0 radical (unpaired) electrons. The van der Waals surface area contributed by atoms with Gasteiger partial charge in [0.2, 0.25) is 0 Å². The fourth-order valence-electron chi connectivity index (χ4n) is 2.00. The van der Waals surface area contributed by atoms with Gasteiger partial charge in [0.25, 0.3) is 5.89 Å². The summed E-state index contributed by atoms with van der Waals surface area (Å²) in [5.41, 5.74) is 1.55. The van der Waals surface area contributed by atoms with E-state index in [4.69, 9.17) is 9.26 Å². The third-order valence-corrected chi connectivity index (χ3v) is 3.19. The molecule has 1 aliphatic rings. The number of phenolic OH excluding ortho intramolecular Hbond substituents is 1. The molecule has 1 atom stereocenters. The van der Waals surface area contributed by atoms with E-state index in [0.717, 1.165) is 24.2 Å². The first kappa shape index (κ1) is 11.2. The lowest BCUT2D eigenvalue weighted by molar-refractivity contribution is 0.192. The lowest BCUT2D eigenvalue weighted by Crippen LogP contribution is -1.99. The first-order chi connectivity index (χ1) is 8.74. The quantitative estimate of drug-likeness (QED) is 0.880. The number of benzene rings is 1. The van der Waals surface area contributed by atoms with Gasteiger partial charge in [-0.25, -0.2) is 0 Å². The van der Waals surface area contributed by atoms with Crippen LogP contribution in [0.1, 0.15) is 23.7 Å². The van der Waals surface area contributed by atoms with E-state index in [1.165, 1.54) is 0 Å². The zero-order valence-electron chi connectivity index (χ0n) is 10.1. The minimum atomic E-state index is 0.224. The van der Waals surface area contributed by atoms with E-state index in [2.05, 4.69) is 10.1 Å². The molecule has 1 fully saturated rings. The van der Waals surface area contributed by atoms with Crippen LogP contribution in [0.15, 0.2) is 22.7 Å². The van der Waals surface area contributed by atoms with Crippen LogP contribution in [-0.4, -0.2) is 28.5 Å². The molecule has 2 heterocycles. The fourth-order valence-corrected chi connectivity index (χ4v) is 2.00. The molecule has 1 aromatic heterocycles. The van der Waals surface area contributed by atoms with Gasteiger partial charge in [0.05, 0.1) is 6.61 Å². The molecule has 1 aromatic carbocycles. The molecule has 5 nitrogen and oxygen atoms in total. The summed E-state index contributed by atoms with van der Waals surface area (Å²) in [7, 11) is 0. The molecule has 1 N–H and O–H groups in total. The predicted molar refractivity (Wildman–Crippen MR) is 64.3 cm³/mol. The third kappa shape index (κ3) is 1.97. The predicted octanol–water partition coefficient (Wildman–Crippen LogP) is 2.25. The Labute approximate surface area is 104 Å². The van der Waals surface area contributed by atoms with Crippen LogP contribution in [0.25, 0.3) is 11.5 Å². The van der Waals surface area contributed by atoms with Crippen molar-refractivity contribution in [3.05, 3.63) is 29.6 Å². The molecule has 3 rings (SSSR count). The van der Waals surface area contributed by atoms with Gasteiger partial charge < -0.3 is 14.4 Å². The van der Waals surface area contributed by atoms with Gasteiger partial charge >= 0.3 is 0 Å². The molecule has 2 aromatic rings. The maximum Gasteiger partial charge on any atom is 0.258 e. The van der Waals surface area contributed by atoms with Crippen LogP contribution in [0.4, 0.5) is 0 Å². The Hall–Kier alpha value is -1.88. The molecule has 5 heteroatoms. The second-order valence-electron chi connectivity index (χ2n) is 4.52. The molecule has 18 heavy (non-hydrogen) atoms. The van der Waals surface area contributed by atoms with Crippen LogP contribution < -0.4 is 0 Å². The number of aryl methyl sites for hydroxylation is 1. The Morgan fingerprint density at radius 2 is 2.28 bits per heavy atom. The van der Waals surface area contributed by atoms with E-state index < -0.39 is 0 Å².